The fraction of sp³-hybridized carbons (Fsp3) is 0.455. The van der Waals surface area contributed by atoms with Crippen molar-refractivity contribution in [3.63, 3.8) is 0 Å². The van der Waals surface area contributed by atoms with Crippen molar-refractivity contribution in [2.24, 2.45) is 0 Å². The first kappa shape index (κ1) is 12.0. The van der Waals surface area contributed by atoms with Crippen LogP contribution in [0.5, 0.6) is 0 Å². The van der Waals surface area contributed by atoms with Crippen molar-refractivity contribution in [3.8, 4) is 0 Å². The minimum atomic E-state index is -0.880. The van der Waals surface area contributed by atoms with Crippen molar-refractivity contribution in [2.75, 3.05) is 0 Å². The molecule has 0 heterocycles. The summed E-state index contributed by atoms with van der Waals surface area (Å²) in [5.74, 6) is 0. The summed E-state index contributed by atoms with van der Waals surface area (Å²) in [4.78, 5) is 0. The second-order valence-corrected chi connectivity index (χ2v) is 5.95. The quantitative estimate of drug-likeness (QED) is 0.715. The topological polar surface area (TPSA) is 23.9 Å². The van der Waals surface area contributed by atoms with Crippen molar-refractivity contribution >= 4 is 9.82 Å². The van der Waals surface area contributed by atoms with E-state index in [9.17, 15) is 0 Å². The number of rotatable bonds is 0. The molecule has 3 heteroatoms. The Bertz CT molecular complexity index is 337. The molecule has 0 aliphatic carbocycles. The average molecular weight is 381 g/mol. The van der Waals surface area contributed by atoms with Gasteiger partial charge in [-0.05, 0) is 17.9 Å². The molecule has 0 atom stereocenters. The third-order valence-corrected chi connectivity index (χ3v) is 1.92. The Morgan fingerprint density at radius 3 is 2.00 bits per heavy atom. The summed E-state index contributed by atoms with van der Waals surface area (Å²) >= 11 is -0.880. The molecule has 0 fully saturated rings. The molecular formula is C11H17NSW. The predicted octanol–water partition coefficient (Wildman–Crippen LogP) is 4.24. The second kappa shape index (κ2) is 6.42. The van der Waals surface area contributed by atoms with Gasteiger partial charge in [-0.15, -0.1) is 0 Å². The van der Waals surface area contributed by atoms with E-state index in [1.807, 2.05) is 0 Å². The molecule has 0 spiro atoms. The molecule has 0 aromatic heterocycles. The summed E-state index contributed by atoms with van der Waals surface area (Å²) in [6.45, 7) is 8.82. The van der Waals surface area contributed by atoms with E-state index < -0.39 is 16.6 Å². The first-order valence-corrected chi connectivity index (χ1v) is 9.66. The third-order valence-electron chi connectivity index (χ3n) is 1.92. The molecule has 1 nitrogen and oxygen atoms in total. The standard InChI is InChI=1S/C11H16.HN.S.W/c1-9-5-7-10(8-6-9)11(2,3)4;;;/h5-8H,1-4H3;1H;;/i;1T;;. The van der Waals surface area contributed by atoms with Gasteiger partial charge in [-0.1, -0.05) is 50.6 Å². The summed E-state index contributed by atoms with van der Waals surface area (Å²) in [5, 5.41) is 0. The monoisotopic (exact) mass is 381 g/mol. The Kier molecular flexibility index (Phi) is 5.50. The Labute approximate surface area is 100 Å². The first-order valence-electron chi connectivity index (χ1n) is 4.87. The fourth-order valence-electron chi connectivity index (χ4n) is 1.05. The molecule has 0 unspecified atom stereocenters. The minimum absolute atomic E-state index is 0.285. The van der Waals surface area contributed by atoms with Crippen molar-refractivity contribution < 1.29 is 18.0 Å². The van der Waals surface area contributed by atoms with Gasteiger partial charge >= 0.3 is 31.7 Å². The first-order chi connectivity index (χ1) is 6.91. The Balaban J connectivity index is 0.000000423. The van der Waals surface area contributed by atoms with Gasteiger partial charge in [0.25, 0.3) is 0 Å². The van der Waals surface area contributed by atoms with E-state index in [2.05, 4.69) is 65.7 Å². The number of hydrogen-bond acceptors (Lipinski definition) is 2. The number of nitrogens with one attached hydrogen (secondary N) is 1. The summed E-state index contributed by atoms with van der Waals surface area (Å²) in [6, 6.07) is 8.74. The number of benzene rings is 1. The van der Waals surface area contributed by atoms with Crippen molar-refractivity contribution in [1.29, 1.82) is 3.91 Å². The van der Waals surface area contributed by atoms with E-state index in [-0.39, 0.29) is 5.41 Å². The maximum atomic E-state index is 6.05. The molecule has 0 saturated carbocycles. The summed E-state index contributed by atoms with van der Waals surface area (Å²) in [6.07, 6.45) is 0. The molecule has 1 rings (SSSR count). The van der Waals surface area contributed by atoms with Gasteiger partial charge in [0, 0.05) is 0 Å². The molecule has 1 N–H and O–H groups in total. The van der Waals surface area contributed by atoms with Gasteiger partial charge in [0.15, 0.2) is 0 Å². The normalized spacial score (nSPS) is 10.7. The van der Waals surface area contributed by atoms with E-state index in [1.54, 1.807) is 0 Å². The SMILES string of the molecule is Cc1ccc(C(C)(C)C)cc1.[3H][N]=[W]=[S]. The summed E-state index contributed by atoms with van der Waals surface area (Å²) in [5.41, 5.74) is 3.02. The molecule has 14 heavy (non-hydrogen) atoms. The van der Waals surface area contributed by atoms with Crippen molar-refractivity contribution in [3.05, 3.63) is 35.4 Å². The molecule has 0 aliphatic heterocycles. The van der Waals surface area contributed by atoms with Gasteiger partial charge in [-0.25, -0.2) is 0 Å². The second-order valence-electron chi connectivity index (χ2n) is 4.19. The predicted molar refractivity (Wildman–Crippen MR) is 60.2 cm³/mol. The molecule has 1 aromatic rings. The number of hydrogen-bond donors (Lipinski definition) is 1. The molecule has 0 radical (unpaired) electrons. The molecular weight excluding hydrogens is 362 g/mol. The van der Waals surface area contributed by atoms with Crippen LogP contribution in [-0.4, -0.2) is 0 Å². The molecule has 0 saturated heterocycles. The van der Waals surface area contributed by atoms with E-state index in [1.165, 1.54) is 11.1 Å². The molecule has 0 aliphatic rings. The van der Waals surface area contributed by atoms with Gasteiger partial charge < -0.3 is 0 Å². The van der Waals surface area contributed by atoms with Crippen LogP contribution in [0.3, 0.4) is 0 Å². The van der Waals surface area contributed by atoms with Gasteiger partial charge in [-0.2, -0.15) is 0 Å². The van der Waals surface area contributed by atoms with Crippen LogP contribution in [0.15, 0.2) is 24.3 Å². The molecule has 1 aromatic carbocycles. The number of aryl methyl sites for hydroxylation is 1. The van der Waals surface area contributed by atoms with E-state index in [4.69, 9.17) is 1.41 Å². The third kappa shape index (κ3) is 5.61. The zero-order chi connectivity index (χ0) is 11.9. The van der Waals surface area contributed by atoms with Gasteiger partial charge in [0.05, 0.1) is 0 Å². The zero-order valence-electron chi connectivity index (χ0n) is 10.1. The van der Waals surface area contributed by atoms with Crippen LogP contribution in [0, 0.1) is 10.8 Å². The van der Waals surface area contributed by atoms with Crippen LogP contribution in [-0.2, 0) is 22.0 Å². The van der Waals surface area contributed by atoms with Crippen LogP contribution in [0.1, 0.15) is 31.9 Å². The van der Waals surface area contributed by atoms with E-state index in [0.717, 1.165) is 0 Å². The van der Waals surface area contributed by atoms with Crippen LogP contribution in [0.4, 0.5) is 0 Å². The molecule has 0 amide bonds. The van der Waals surface area contributed by atoms with Crippen LogP contribution < -0.4 is 0 Å². The van der Waals surface area contributed by atoms with E-state index in [0.29, 0.717) is 0 Å². The average Bonchev–Trinajstić information content (AvgIpc) is 2.17. The van der Waals surface area contributed by atoms with Crippen LogP contribution in [0.25, 0.3) is 0 Å². The molecule has 78 valence electrons. The molecule has 0 bridgehead atoms. The summed E-state index contributed by atoms with van der Waals surface area (Å²) < 4.78 is 9.01. The Hall–Kier alpha value is -0.0717. The van der Waals surface area contributed by atoms with Gasteiger partial charge in [0.2, 0.25) is 0 Å². The Morgan fingerprint density at radius 2 is 1.71 bits per heavy atom. The Morgan fingerprint density at radius 1 is 1.29 bits per heavy atom. The van der Waals surface area contributed by atoms with Crippen LogP contribution in [0.2, 0.25) is 1.41 Å². The van der Waals surface area contributed by atoms with Gasteiger partial charge in [0.1, 0.15) is 0 Å². The zero-order valence-corrected chi connectivity index (χ0v) is 12.8. The van der Waals surface area contributed by atoms with E-state index >= 15 is 0 Å². The van der Waals surface area contributed by atoms with Crippen molar-refractivity contribution in [1.82, 2.24) is 0 Å². The van der Waals surface area contributed by atoms with Gasteiger partial charge in [-0.3, -0.25) is 0 Å². The van der Waals surface area contributed by atoms with Crippen molar-refractivity contribution in [2.45, 2.75) is 33.1 Å². The van der Waals surface area contributed by atoms with Crippen LogP contribution >= 0.6 is 9.82 Å². The maximum absolute atomic E-state index is 6.05. The summed E-state index contributed by atoms with van der Waals surface area (Å²) in [7, 11) is 4.37. The fourth-order valence-corrected chi connectivity index (χ4v) is 1.05.